The molecule has 0 aliphatic heterocycles. The summed E-state index contributed by atoms with van der Waals surface area (Å²) < 4.78 is 19.0. The normalized spacial score (nSPS) is 9.18. The number of benzene rings is 2. The topological polar surface area (TPSA) is 105 Å². The molecular formula is C26H24O8. The van der Waals surface area contributed by atoms with Crippen molar-refractivity contribution in [2.75, 3.05) is 13.2 Å². The molecule has 34 heavy (non-hydrogen) atoms. The fourth-order valence-corrected chi connectivity index (χ4v) is 2.38. The first-order chi connectivity index (χ1) is 16.4. The van der Waals surface area contributed by atoms with Crippen molar-refractivity contribution >= 4 is 23.9 Å². The van der Waals surface area contributed by atoms with E-state index in [-0.39, 0.29) is 35.5 Å². The number of hydrogen-bond acceptors (Lipinski definition) is 8. The average molecular weight is 464 g/mol. The van der Waals surface area contributed by atoms with Crippen LogP contribution in [0.3, 0.4) is 0 Å². The lowest BCUT2D eigenvalue weighted by molar-refractivity contribution is 0.0503. The van der Waals surface area contributed by atoms with Gasteiger partial charge in [0.2, 0.25) is 0 Å². The molecule has 0 aromatic heterocycles. The minimum Gasteiger partial charge on any atom is -0.458 e. The smallest absolute Gasteiger partial charge is 0.343 e. The van der Waals surface area contributed by atoms with Crippen LogP contribution in [0.25, 0.3) is 0 Å². The summed E-state index contributed by atoms with van der Waals surface area (Å²) in [6, 6.07) is 12.5. The Morgan fingerprint density at radius 1 is 0.559 bits per heavy atom. The highest BCUT2D eigenvalue weighted by atomic mass is 16.5. The third-order valence-corrected chi connectivity index (χ3v) is 3.78. The molecule has 0 saturated carbocycles. The zero-order valence-electron chi connectivity index (χ0n) is 18.4. The molecule has 0 aliphatic rings. The molecule has 0 atom stereocenters. The van der Waals surface area contributed by atoms with Crippen LogP contribution in [0.2, 0.25) is 0 Å². The van der Waals surface area contributed by atoms with E-state index in [4.69, 9.17) is 9.47 Å². The lowest BCUT2D eigenvalue weighted by Crippen LogP contribution is -2.14. The van der Waals surface area contributed by atoms with E-state index in [1.165, 1.54) is 36.4 Å². The van der Waals surface area contributed by atoms with E-state index in [1.54, 1.807) is 24.3 Å². The van der Waals surface area contributed by atoms with Crippen molar-refractivity contribution in [3.05, 3.63) is 122 Å². The summed E-state index contributed by atoms with van der Waals surface area (Å²) in [6.07, 6.45) is 4.91. The van der Waals surface area contributed by atoms with E-state index in [2.05, 4.69) is 35.8 Å². The Labute approximate surface area is 197 Å². The van der Waals surface area contributed by atoms with Gasteiger partial charge in [-0.2, -0.15) is 0 Å². The lowest BCUT2D eigenvalue weighted by Gasteiger charge is -2.07. The van der Waals surface area contributed by atoms with Crippen molar-refractivity contribution in [3.63, 3.8) is 0 Å². The minimum absolute atomic E-state index is 0.0921. The van der Waals surface area contributed by atoms with Gasteiger partial charge in [0.1, 0.15) is 13.2 Å². The van der Waals surface area contributed by atoms with Crippen LogP contribution in [0.4, 0.5) is 0 Å². The zero-order chi connectivity index (χ0) is 25.3. The van der Waals surface area contributed by atoms with E-state index < -0.39 is 23.9 Å². The van der Waals surface area contributed by atoms with E-state index >= 15 is 0 Å². The van der Waals surface area contributed by atoms with Gasteiger partial charge in [0, 0.05) is 0 Å². The van der Waals surface area contributed by atoms with Crippen LogP contribution in [-0.4, -0.2) is 37.1 Å². The second kappa shape index (κ2) is 15.1. The third-order valence-electron chi connectivity index (χ3n) is 3.78. The van der Waals surface area contributed by atoms with Gasteiger partial charge in [-0.25, -0.2) is 19.2 Å². The highest BCUT2D eigenvalue weighted by molar-refractivity contribution is 6.04. The van der Waals surface area contributed by atoms with Gasteiger partial charge < -0.3 is 18.9 Å². The van der Waals surface area contributed by atoms with Crippen LogP contribution in [0.5, 0.6) is 0 Å². The summed E-state index contributed by atoms with van der Waals surface area (Å²) in [4.78, 5) is 46.3. The first-order valence-electron chi connectivity index (χ1n) is 9.79. The van der Waals surface area contributed by atoms with Gasteiger partial charge >= 0.3 is 23.9 Å². The monoisotopic (exact) mass is 464 g/mol. The first kappa shape index (κ1) is 27.3. The van der Waals surface area contributed by atoms with Gasteiger partial charge in [-0.15, -0.1) is 0 Å². The Bertz CT molecular complexity index is 984. The molecule has 0 N–H and O–H groups in total. The standard InChI is InChI=1S/C14H14O4.C12H10O4/c1-3-9-17-13(15)11-7-5-6-8-12(11)14(16)18-10-4-2;1-3-15-11(13)9-7-5-6-8-10(9)12(14)16-4-2/h3-8H,1-2,9-10H2;3-8H,1-2H2. The van der Waals surface area contributed by atoms with Crippen molar-refractivity contribution in [1.29, 1.82) is 0 Å². The Morgan fingerprint density at radius 2 is 0.853 bits per heavy atom. The summed E-state index contributed by atoms with van der Waals surface area (Å²) in [5.74, 6) is -2.49. The number of carbonyl (C=O) groups is 4. The van der Waals surface area contributed by atoms with Crippen LogP contribution < -0.4 is 0 Å². The quantitative estimate of drug-likeness (QED) is 0.216. The van der Waals surface area contributed by atoms with E-state index in [0.717, 1.165) is 12.5 Å². The second-order valence-electron chi connectivity index (χ2n) is 6.01. The van der Waals surface area contributed by atoms with Crippen LogP contribution >= 0.6 is 0 Å². The molecule has 8 nitrogen and oxygen atoms in total. The molecule has 0 saturated heterocycles. The molecule has 0 fully saturated rings. The molecule has 8 heteroatoms. The van der Waals surface area contributed by atoms with Crippen molar-refractivity contribution < 1.29 is 38.1 Å². The number of rotatable bonds is 10. The van der Waals surface area contributed by atoms with Gasteiger partial charge in [-0.1, -0.05) is 62.7 Å². The number of ether oxygens (including phenoxy) is 4. The Balaban J connectivity index is 0.000000342. The van der Waals surface area contributed by atoms with Crippen LogP contribution in [0, 0.1) is 0 Å². The third kappa shape index (κ3) is 8.43. The highest BCUT2D eigenvalue weighted by Gasteiger charge is 2.19. The molecule has 2 aromatic rings. The predicted octanol–water partition coefficient (Wildman–Crippen LogP) is 4.66. The zero-order valence-corrected chi connectivity index (χ0v) is 18.4. The highest BCUT2D eigenvalue weighted by Crippen LogP contribution is 2.13. The molecule has 2 aromatic carbocycles. The van der Waals surface area contributed by atoms with Crippen LogP contribution in [-0.2, 0) is 18.9 Å². The second-order valence-corrected chi connectivity index (χ2v) is 6.01. The summed E-state index contributed by atoms with van der Waals surface area (Å²) >= 11 is 0. The van der Waals surface area contributed by atoms with E-state index in [0.29, 0.717) is 0 Å². The molecule has 0 unspecified atom stereocenters. The van der Waals surface area contributed by atoms with Gasteiger partial charge in [-0.05, 0) is 24.3 Å². The Hall–Kier alpha value is -4.72. The summed E-state index contributed by atoms with van der Waals surface area (Å²) in [5.41, 5.74) is 0.588. The number of esters is 4. The maximum atomic E-state index is 11.7. The molecule has 176 valence electrons. The van der Waals surface area contributed by atoms with Crippen molar-refractivity contribution in [2.24, 2.45) is 0 Å². The fourth-order valence-electron chi connectivity index (χ4n) is 2.38. The van der Waals surface area contributed by atoms with Crippen molar-refractivity contribution in [3.8, 4) is 0 Å². The Kier molecular flexibility index (Phi) is 12.2. The predicted molar refractivity (Wildman–Crippen MR) is 125 cm³/mol. The molecule has 0 spiro atoms. The number of hydrogen-bond donors (Lipinski definition) is 0. The van der Waals surface area contributed by atoms with E-state index in [9.17, 15) is 19.2 Å². The summed E-state index contributed by atoms with van der Waals surface area (Å²) in [6.45, 7) is 13.6. The molecule has 0 heterocycles. The summed E-state index contributed by atoms with van der Waals surface area (Å²) in [5, 5.41) is 0. The molecule has 2 rings (SSSR count). The van der Waals surface area contributed by atoms with Crippen LogP contribution in [0.15, 0.2) is 99.5 Å². The average Bonchev–Trinajstić information content (AvgIpc) is 2.86. The maximum absolute atomic E-state index is 11.7. The van der Waals surface area contributed by atoms with Gasteiger partial charge in [0.15, 0.2) is 0 Å². The van der Waals surface area contributed by atoms with E-state index in [1.807, 2.05) is 0 Å². The van der Waals surface area contributed by atoms with Crippen molar-refractivity contribution in [2.45, 2.75) is 0 Å². The molecule has 0 aliphatic carbocycles. The Morgan fingerprint density at radius 3 is 1.12 bits per heavy atom. The molecule has 0 bridgehead atoms. The molecular weight excluding hydrogens is 440 g/mol. The lowest BCUT2D eigenvalue weighted by atomic mass is 10.1. The number of carbonyl (C=O) groups excluding carboxylic acids is 4. The van der Waals surface area contributed by atoms with Gasteiger partial charge in [-0.3, -0.25) is 0 Å². The van der Waals surface area contributed by atoms with Crippen LogP contribution in [0.1, 0.15) is 41.4 Å². The first-order valence-corrected chi connectivity index (χ1v) is 9.79. The van der Waals surface area contributed by atoms with Gasteiger partial charge in [0.05, 0.1) is 34.8 Å². The van der Waals surface area contributed by atoms with Crippen molar-refractivity contribution in [1.82, 2.24) is 0 Å². The SMILES string of the molecule is C=CCOC(=O)c1ccccc1C(=O)OCC=C.C=COC(=O)c1ccccc1C(=O)OC=C. The molecule has 0 amide bonds. The molecule has 0 radical (unpaired) electrons. The minimum atomic E-state index is -0.661. The largest absolute Gasteiger partial charge is 0.458 e. The fraction of sp³-hybridized carbons (Fsp3) is 0.0769. The van der Waals surface area contributed by atoms with Gasteiger partial charge in [0.25, 0.3) is 0 Å². The maximum Gasteiger partial charge on any atom is 0.343 e. The summed E-state index contributed by atoms with van der Waals surface area (Å²) in [7, 11) is 0.